The molecular formula is C16H25NO5S. The zero-order chi connectivity index (χ0) is 17.5. The highest BCUT2D eigenvalue weighted by atomic mass is 32.2. The van der Waals surface area contributed by atoms with Crippen molar-refractivity contribution in [1.82, 2.24) is 0 Å². The highest BCUT2D eigenvalue weighted by Crippen LogP contribution is 2.29. The fourth-order valence-corrected chi connectivity index (χ4v) is 3.26. The molecule has 0 heterocycles. The highest BCUT2D eigenvalue weighted by molar-refractivity contribution is 7.89. The van der Waals surface area contributed by atoms with Gasteiger partial charge in [0.2, 0.25) is 0 Å². The predicted molar refractivity (Wildman–Crippen MR) is 90.0 cm³/mol. The summed E-state index contributed by atoms with van der Waals surface area (Å²) in [4.78, 5) is 11.5. The number of carbonyl (C=O) groups is 1. The van der Waals surface area contributed by atoms with E-state index in [4.69, 9.17) is 4.18 Å². The predicted octanol–water partition coefficient (Wildman–Crippen LogP) is 4.14. The number of benzene rings is 1. The van der Waals surface area contributed by atoms with Crippen molar-refractivity contribution in [3.8, 4) is 0 Å². The summed E-state index contributed by atoms with van der Waals surface area (Å²) in [6.45, 7) is 5.77. The van der Waals surface area contributed by atoms with Gasteiger partial charge in [-0.1, -0.05) is 58.2 Å². The minimum absolute atomic E-state index is 0.0179. The largest absolute Gasteiger partial charge is 0.464 e. The summed E-state index contributed by atoms with van der Waals surface area (Å²) in [5, 5.41) is 9.38. The molecule has 0 aliphatic heterocycles. The first kappa shape index (κ1) is 19.4. The molecule has 23 heavy (non-hydrogen) atoms. The number of unbranched alkanes of at least 4 members (excludes halogenated alkanes) is 3. The Kier molecular flexibility index (Phi) is 7.51. The molecule has 1 rings (SSSR count). The van der Waals surface area contributed by atoms with Crippen molar-refractivity contribution in [3.05, 3.63) is 29.8 Å². The van der Waals surface area contributed by atoms with Gasteiger partial charge >= 0.3 is 16.4 Å². The number of hydrogen-bond acceptors (Lipinski definition) is 4. The third-order valence-corrected chi connectivity index (χ3v) is 4.67. The van der Waals surface area contributed by atoms with E-state index in [1.54, 1.807) is 18.2 Å². The van der Waals surface area contributed by atoms with Crippen LogP contribution in [0.4, 0.5) is 10.5 Å². The minimum Gasteiger partial charge on any atom is -0.464 e. The van der Waals surface area contributed by atoms with E-state index in [0.29, 0.717) is 16.3 Å². The molecule has 0 radical (unpaired) electrons. The van der Waals surface area contributed by atoms with Crippen LogP contribution in [-0.4, -0.2) is 26.2 Å². The number of rotatable bonds is 9. The van der Waals surface area contributed by atoms with Crippen molar-refractivity contribution in [2.45, 2.75) is 52.4 Å². The zero-order valence-electron chi connectivity index (χ0n) is 13.9. The summed E-state index contributed by atoms with van der Waals surface area (Å²) in [7, 11) is -4.38. The molecule has 0 unspecified atom stereocenters. The van der Waals surface area contributed by atoms with E-state index in [2.05, 4.69) is 0 Å². The molecule has 1 N–H and O–H groups in total. The second kappa shape index (κ2) is 8.88. The van der Waals surface area contributed by atoms with Crippen LogP contribution >= 0.6 is 0 Å². The van der Waals surface area contributed by atoms with Crippen LogP contribution in [-0.2, 0) is 14.5 Å². The Morgan fingerprint density at radius 2 is 1.87 bits per heavy atom. The maximum Gasteiger partial charge on any atom is 0.427 e. The van der Waals surface area contributed by atoms with Crippen LogP contribution in [0.3, 0.4) is 0 Å². The molecule has 0 aliphatic carbocycles. The molecule has 0 bridgehead atoms. The van der Waals surface area contributed by atoms with Gasteiger partial charge in [-0.05, 0) is 24.0 Å². The Bertz CT molecular complexity index is 613. The Hall–Kier alpha value is -1.60. The smallest absolute Gasteiger partial charge is 0.427 e. The van der Waals surface area contributed by atoms with Gasteiger partial charge in [0, 0.05) is 0 Å². The van der Waals surface area contributed by atoms with Crippen molar-refractivity contribution in [3.63, 3.8) is 0 Å². The van der Waals surface area contributed by atoms with Gasteiger partial charge < -0.3 is 5.11 Å². The lowest BCUT2D eigenvalue weighted by Crippen LogP contribution is -2.38. The molecule has 0 saturated carbocycles. The lowest BCUT2D eigenvalue weighted by atomic mass is 10.0. The van der Waals surface area contributed by atoms with Crippen molar-refractivity contribution in [2.24, 2.45) is 0 Å². The van der Waals surface area contributed by atoms with Crippen LogP contribution in [0.25, 0.3) is 0 Å². The van der Waals surface area contributed by atoms with Gasteiger partial charge in [-0.3, -0.25) is 4.18 Å². The van der Waals surface area contributed by atoms with Crippen LogP contribution in [0.2, 0.25) is 0 Å². The number of anilines is 1. The standard InChI is InChI=1S/C16H25NO5S/c1-4-5-6-9-12-22-23(20,21)17(16(18)19)15-11-8-7-10-14(15)13(2)3/h7-8,10-11,13H,4-6,9,12H2,1-3H3,(H,18,19). The molecule has 0 aliphatic rings. The zero-order valence-corrected chi connectivity index (χ0v) is 14.7. The maximum atomic E-state index is 12.3. The van der Waals surface area contributed by atoms with Gasteiger partial charge in [-0.2, -0.15) is 8.42 Å². The fourth-order valence-electron chi connectivity index (χ4n) is 2.23. The van der Waals surface area contributed by atoms with Crippen LogP contribution in [0, 0.1) is 0 Å². The van der Waals surface area contributed by atoms with E-state index >= 15 is 0 Å². The Labute approximate surface area is 138 Å². The average Bonchev–Trinajstić information content (AvgIpc) is 2.46. The van der Waals surface area contributed by atoms with E-state index in [1.165, 1.54) is 6.07 Å². The van der Waals surface area contributed by atoms with Crippen LogP contribution in [0.15, 0.2) is 24.3 Å². The lowest BCUT2D eigenvalue weighted by Gasteiger charge is -2.22. The Balaban J connectivity index is 3.00. The second-order valence-electron chi connectivity index (χ2n) is 5.60. The molecule has 6 nitrogen and oxygen atoms in total. The van der Waals surface area contributed by atoms with Gasteiger partial charge in [0.15, 0.2) is 0 Å². The number of carboxylic acid groups (broad SMARTS) is 1. The summed E-state index contributed by atoms with van der Waals surface area (Å²) >= 11 is 0. The van der Waals surface area contributed by atoms with Crippen molar-refractivity contribution >= 4 is 22.1 Å². The number of para-hydroxylation sites is 1. The third kappa shape index (κ3) is 5.51. The number of amides is 1. The monoisotopic (exact) mass is 343 g/mol. The van der Waals surface area contributed by atoms with Crippen LogP contribution in [0.1, 0.15) is 57.9 Å². The second-order valence-corrected chi connectivity index (χ2v) is 7.06. The van der Waals surface area contributed by atoms with Crippen LogP contribution < -0.4 is 4.31 Å². The summed E-state index contributed by atoms with van der Waals surface area (Å²) < 4.78 is 29.8. The summed E-state index contributed by atoms with van der Waals surface area (Å²) in [6, 6.07) is 6.54. The molecule has 1 amide bonds. The average molecular weight is 343 g/mol. The highest BCUT2D eigenvalue weighted by Gasteiger charge is 2.32. The van der Waals surface area contributed by atoms with Crippen molar-refractivity contribution in [1.29, 1.82) is 0 Å². The molecule has 1 aromatic carbocycles. The van der Waals surface area contributed by atoms with E-state index in [0.717, 1.165) is 19.3 Å². The first-order valence-corrected chi connectivity index (χ1v) is 9.19. The van der Waals surface area contributed by atoms with E-state index in [1.807, 2.05) is 20.8 Å². The lowest BCUT2D eigenvalue weighted by molar-refractivity contribution is 0.204. The number of hydrogen-bond donors (Lipinski definition) is 1. The van der Waals surface area contributed by atoms with Crippen LogP contribution in [0.5, 0.6) is 0 Å². The summed E-state index contributed by atoms with van der Waals surface area (Å²) in [5.74, 6) is -0.0206. The quantitative estimate of drug-likeness (QED) is 0.681. The summed E-state index contributed by atoms with van der Waals surface area (Å²) in [5.41, 5.74) is 0.747. The van der Waals surface area contributed by atoms with Crippen molar-refractivity contribution in [2.75, 3.05) is 10.9 Å². The Morgan fingerprint density at radius 3 is 2.43 bits per heavy atom. The minimum atomic E-state index is -4.38. The van der Waals surface area contributed by atoms with Gasteiger partial charge in [0.1, 0.15) is 0 Å². The van der Waals surface area contributed by atoms with E-state index in [-0.39, 0.29) is 18.2 Å². The van der Waals surface area contributed by atoms with Gasteiger partial charge in [0.05, 0.1) is 12.3 Å². The number of nitrogens with zero attached hydrogens (tertiary/aromatic N) is 1. The first-order chi connectivity index (χ1) is 10.8. The third-order valence-electron chi connectivity index (χ3n) is 3.41. The normalized spacial score (nSPS) is 11.7. The molecule has 130 valence electrons. The van der Waals surface area contributed by atoms with Crippen molar-refractivity contribution < 1.29 is 22.5 Å². The molecule has 0 atom stereocenters. The van der Waals surface area contributed by atoms with E-state index in [9.17, 15) is 18.3 Å². The molecule has 0 fully saturated rings. The van der Waals surface area contributed by atoms with E-state index < -0.39 is 16.4 Å². The van der Waals surface area contributed by atoms with Gasteiger partial charge in [0.25, 0.3) is 0 Å². The SMILES string of the molecule is CCCCCCOS(=O)(=O)N(C(=O)O)c1ccccc1C(C)C. The Morgan fingerprint density at radius 1 is 1.22 bits per heavy atom. The molecule has 0 aromatic heterocycles. The fraction of sp³-hybridized carbons (Fsp3) is 0.562. The molecule has 0 saturated heterocycles. The molecular weight excluding hydrogens is 318 g/mol. The molecule has 1 aromatic rings. The summed E-state index contributed by atoms with van der Waals surface area (Å²) in [6.07, 6.45) is 1.86. The first-order valence-electron chi connectivity index (χ1n) is 7.82. The molecule has 0 spiro atoms. The van der Waals surface area contributed by atoms with Gasteiger partial charge in [-0.15, -0.1) is 4.31 Å². The van der Waals surface area contributed by atoms with Gasteiger partial charge in [-0.25, -0.2) is 4.79 Å². The maximum absolute atomic E-state index is 12.3. The topological polar surface area (TPSA) is 83.9 Å². The molecule has 7 heteroatoms.